The highest BCUT2D eigenvalue weighted by molar-refractivity contribution is 5.92. The molecule has 1 aromatic carbocycles. The number of nitrogens with zero attached hydrogens (tertiary/aromatic N) is 1. The summed E-state index contributed by atoms with van der Waals surface area (Å²) in [4.78, 5) is 11.6. The lowest BCUT2D eigenvalue weighted by Gasteiger charge is -2.05. The molecule has 5 heteroatoms. The number of carbonyl (C=O) groups excluding carboxylic acids is 1. The van der Waals surface area contributed by atoms with Crippen LogP contribution in [0, 0.1) is 6.92 Å². The van der Waals surface area contributed by atoms with Crippen LogP contribution in [0.4, 0.5) is 0 Å². The van der Waals surface area contributed by atoms with Gasteiger partial charge >= 0.3 is 5.97 Å². The first-order valence-electron chi connectivity index (χ1n) is 5.03. The highest BCUT2D eigenvalue weighted by Crippen LogP contribution is 2.19. The van der Waals surface area contributed by atoms with E-state index in [0.29, 0.717) is 5.76 Å². The molecular weight excluding hydrogens is 222 g/mol. The topological polar surface area (TPSA) is 72.6 Å². The quantitative estimate of drug-likeness (QED) is 0.821. The molecule has 17 heavy (non-hydrogen) atoms. The monoisotopic (exact) mass is 233 g/mol. The van der Waals surface area contributed by atoms with E-state index in [1.165, 1.54) is 18.3 Å². The maximum Gasteiger partial charge on any atom is 0.342 e. The standard InChI is InChI=1S/C12H11NO4/c1-8-2-3-10(11(14)6-8)12(15)16-7-9-4-5-13-17-9/h2-6,14H,7H2,1H3. The molecule has 0 saturated heterocycles. The van der Waals surface area contributed by atoms with Crippen molar-refractivity contribution in [1.82, 2.24) is 5.16 Å². The van der Waals surface area contributed by atoms with Crippen molar-refractivity contribution in [2.45, 2.75) is 13.5 Å². The van der Waals surface area contributed by atoms with E-state index < -0.39 is 5.97 Å². The van der Waals surface area contributed by atoms with Crippen LogP contribution in [0.25, 0.3) is 0 Å². The molecule has 0 atom stereocenters. The average Bonchev–Trinajstić information content (AvgIpc) is 2.78. The van der Waals surface area contributed by atoms with Gasteiger partial charge in [-0.3, -0.25) is 0 Å². The van der Waals surface area contributed by atoms with Crippen LogP contribution in [0.1, 0.15) is 21.7 Å². The molecule has 1 N–H and O–H groups in total. The Morgan fingerprint density at radius 1 is 1.47 bits per heavy atom. The Morgan fingerprint density at radius 2 is 2.29 bits per heavy atom. The lowest BCUT2D eigenvalue weighted by atomic mass is 10.1. The Hall–Kier alpha value is -2.30. The first-order chi connectivity index (χ1) is 8.16. The fourth-order valence-electron chi connectivity index (χ4n) is 1.35. The molecule has 0 radical (unpaired) electrons. The maximum atomic E-state index is 11.6. The first-order valence-corrected chi connectivity index (χ1v) is 5.03. The molecule has 0 amide bonds. The van der Waals surface area contributed by atoms with E-state index >= 15 is 0 Å². The Balaban J connectivity index is 2.04. The summed E-state index contributed by atoms with van der Waals surface area (Å²) in [6.45, 7) is 1.81. The zero-order valence-corrected chi connectivity index (χ0v) is 9.21. The highest BCUT2D eigenvalue weighted by atomic mass is 16.5. The average molecular weight is 233 g/mol. The Morgan fingerprint density at radius 3 is 2.94 bits per heavy atom. The molecule has 1 heterocycles. The normalized spacial score (nSPS) is 10.2. The van der Waals surface area contributed by atoms with E-state index in [1.807, 2.05) is 6.92 Å². The second-order valence-electron chi connectivity index (χ2n) is 3.58. The summed E-state index contributed by atoms with van der Waals surface area (Å²) >= 11 is 0. The second-order valence-corrected chi connectivity index (χ2v) is 3.58. The molecule has 5 nitrogen and oxygen atoms in total. The number of rotatable bonds is 3. The lowest BCUT2D eigenvalue weighted by molar-refractivity contribution is 0.0434. The van der Waals surface area contributed by atoms with Crippen molar-refractivity contribution in [3.8, 4) is 5.75 Å². The molecule has 2 aromatic rings. The summed E-state index contributed by atoms with van der Waals surface area (Å²) in [5, 5.41) is 13.1. The van der Waals surface area contributed by atoms with Crippen molar-refractivity contribution < 1.29 is 19.2 Å². The van der Waals surface area contributed by atoms with E-state index in [4.69, 9.17) is 9.26 Å². The molecule has 2 rings (SSSR count). The number of aryl methyl sites for hydroxylation is 1. The summed E-state index contributed by atoms with van der Waals surface area (Å²) < 4.78 is 9.74. The van der Waals surface area contributed by atoms with E-state index in [0.717, 1.165) is 5.56 Å². The van der Waals surface area contributed by atoms with Crippen LogP contribution in [-0.2, 0) is 11.3 Å². The summed E-state index contributed by atoms with van der Waals surface area (Å²) in [5.41, 5.74) is 1.00. The molecule has 0 aliphatic carbocycles. The highest BCUT2D eigenvalue weighted by Gasteiger charge is 2.13. The van der Waals surface area contributed by atoms with Crippen molar-refractivity contribution in [3.05, 3.63) is 47.3 Å². The van der Waals surface area contributed by atoms with Gasteiger partial charge in [0.1, 0.15) is 11.3 Å². The van der Waals surface area contributed by atoms with Crippen LogP contribution in [0.5, 0.6) is 5.75 Å². The summed E-state index contributed by atoms with van der Waals surface area (Å²) in [7, 11) is 0. The molecule has 0 aliphatic rings. The molecule has 0 aliphatic heterocycles. The number of ether oxygens (including phenoxy) is 1. The summed E-state index contributed by atoms with van der Waals surface area (Å²) in [6, 6.07) is 6.35. The van der Waals surface area contributed by atoms with E-state index in [9.17, 15) is 9.90 Å². The van der Waals surface area contributed by atoms with Crippen molar-refractivity contribution in [3.63, 3.8) is 0 Å². The fraction of sp³-hybridized carbons (Fsp3) is 0.167. The fourth-order valence-corrected chi connectivity index (χ4v) is 1.35. The third kappa shape index (κ3) is 2.63. The van der Waals surface area contributed by atoms with Crippen molar-refractivity contribution in [1.29, 1.82) is 0 Å². The zero-order chi connectivity index (χ0) is 12.3. The molecule has 0 spiro atoms. The van der Waals surface area contributed by atoms with Gasteiger partial charge in [0.15, 0.2) is 12.4 Å². The molecule has 88 valence electrons. The number of esters is 1. The third-order valence-electron chi connectivity index (χ3n) is 2.21. The molecule has 0 fully saturated rings. The molecule has 0 saturated carbocycles. The van der Waals surface area contributed by atoms with Gasteiger partial charge in [0, 0.05) is 6.07 Å². The van der Waals surface area contributed by atoms with Crippen LogP contribution in [0.15, 0.2) is 35.0 Å². The van der Waals surface area contributed by atoms with Crippen LogP contribution < -0.4 is 0 Å². The smallest absolute Gasteiger partial charge is 0.342 e. The number of aromatic nitrogens is 1. The van der Waals surface area contributed by atoms with Gasteiger partial charge in [-0.2, -0.15) is 0 Å². The van der Waals surface area contributed by atoms with Crippen LogP contribution in [0.2, 0.25) is 0 Å². The second kappa shape index (κ2) is 4.69. The van der Waals surface area contributed by atoms with Gasteiger partial charge in [-0.1, -0.05) is 11.2 Å². The molecule has 1 aromatic heterocycles. The van der Waals surface area contributed by atoms with Crippen LogP contribution >= 0.6 is 0 Å². The van der Waals surface area contributed by atoms with Gasteiger partial charge in [0.2, 0.25) is 0 Å². The zero-order valence-electron chi connectivity index (χ0n) is 9.21. The number of hydrogen-bond donors (Lipinski definition) is 1. The summed E-state index contributed by atoms with van der Waals surface area (Å²) in [6.07, 6.45) is 1.46. The predicted molar refractivity (Wildman–Crippen MR) is 58.5 cm³/mol. The minimum absolute atomic E-state index is 0.00779. The summed E-state index contributed by atoms with van der Waals surface area (Å²) in [5.74, 6) is -0.239. The number of phenolic OH excluding ortho intramolecular Hbond substituents is 1. The van der Waals surface area contributed by atoms with Gasteiger partial charge in [0.05, 0.1) is 6.20 Å². The van der Waals surface area contributed by atoms with E-state index in [1.54, 1.807) is 12.1 Å². The van der Waals surface area contributed by atoms with Gasteiger partial charge < -0.3 is 14.4 Å². The number of phenols is 1. The molecular formula is C12H11NO4. The van der Waals surface area contributed by atoms with E-state index in [2.05, 4.69) is 5.16 Å². The SMILES string of the molecule is Cc1ccc(C(=O)OCc2ccno2)c(O)c1. The Bertz CT molecular complexity index is 519. The van der Waals surface area contributed by atoms with Crippen molar-refractivity contribution in [2.75, 3.05) is 0 Å². The molecule has 0 bridgehead atoms. The number of aromatic hydroxyl groups is 1. The first kappa shape index (κ1) is 11.2. The number of carbonyl (C=O) groups is 1. The largest absolute Gasteiger partial charge is 0.507 e. The number of hydrogen-bond acceptors (Lipinski definition) is 5. The minimum atomic E-state index is -0.598. The number of benzene rings is 1. The van der Waals surface area contributed by atoms with Gasteiger partial charge in [-0.25, -0.2) is 4.79 Å². The predicted octanol–water partition coefficient (Wildman–Crippen LogP) is 2.05. The van der Waals surface area contributed by atoms with E-state index in [-0.39, 0.29) is 17.9 Å². The minimum Gasteiger partial charge on any atom is -0.507 e. The van der Waals surface area contributed by atoms with Crippen LogP contribution in [0.3, 0.4) is 0 Å². The van der Waals surface area contributed by atoms with Crippen molar-refractivity contribution >= 4 is 5.97 Å². The van der Waals surface area contributed by atoms with Gasteiger partial charge in [-0.15, -0.1) is 0 Å². The Kier molecular flexibility index (Phi) is 3.09. The van der Waals surface area contributed by atoms with Crippen LogP contribution in [-0.4, -0.2) is 16.2 Å². The van der Waals surface area contributed by atoms with Crippen molar-refractivity contribution in [2.24, 2.45) is 0 Å². The third-order valence-corrected chi connectivity index (χ3v) is 2.21. The van der Waals surface area contributed by atoms with Gasteiger partial charge in [-0.05, 0) is 24.6 Å². The Labute approximate surface area is 97.6 Å². The van der Waals surface area contributed by atoms with Gasteiger partial charge in [0.25, 0.3) is 0 Å². The molecule has 0 unspecified atom stereocenters. The maximum absolute atomic E-state index is 11.6. The lowest BCUT2D eigenvalue weighted by Crippen LogP contribution is -2.05.